The van der Waals surface area contributed by atoms with Crippen LogP contribution in [-0.4, -0.2) is 23.3 Å². The van der Waals surface area contributed by atoms with E-state index in [1.807, 2.05) is 0 Å². The normalized spacial score (nSPS) is 10.4. The van der Waals surface area contributed by atoms with Crippen molar-refractivity contribution >= 4 is 17.5 Å². The second-order valence-electron chi connectivity index (χ2n) is 3.63. The van der Waals surface area contributed by atoms with Gasteiger partial charge in [0.15, 0.2) is 6.39 Å². The Balaban J connectivity index is 2.14. The molecule has 1 heterocycles. The summed E-state index contributed by atoms with van der Waals surface area (Å²) in [5, 5.41) is 2.80. The van der Waals surface area contributed by atoms with Gasteiger partial charge in [-0.05, 0) is 19.8 Å². The van der Waals surface area contributed by atoms with Crippen LogP contribution in [-0.2, 0) is 0 Å². The Morgan fingerprint density at radius 2 is 2.19 bits per heavy atom. The van der Waals surface area contributed by atoms with Gasteiger partial charge in [0.05, 0.1) is 5.69 Å². The molecule has 1 rings (SSSR count). The van der Waals surface area contributed by atoms with Crippen molar-refractivity contribution in [2.45, 2.75) is 32.6 Å². The molecule has 0 bridgehead atoms. The molecular weight excluding hydrogens is 228 g/mol. The molecule has 0 radical (unpaired) electrons. The second kappa shape index (κ2) is 7.28. The molecule has 16 heavy (non-hydrogen) atoms. The Hall–Kier alpha value is -1.03. The maximum Gasteiger partial charge on any atom is 0.288 e. The van der Waals surface area contributed by atoms with Crippen LogP contribution in [0.25, 0.3) is 0 Å². The van der Waals surface area contributed by atoms with Crippen molar-refractivity contribution in [3.63, 3.8) is 0 Å². The fraction of sp³-hybridized carbons (Fsp3) is 0.636. The molecule has 1 N–H and O–H groups in total. The van der Waals surface area contributed by atoms with E-state index in [1.165, 1.54) is 6.39 Å². The van der Waals surface area contributed by atoms with Gasteiger partial charge in [-0.3, -0.25) is 4.79 Å². The minimum absolute atomic E-state index is 0.188. The first-order chi connectivity index (χ1) is 7.75. The number of hydrogen-bond donors (Lipinski definition) is 1. The van der Waals surface area contributed by atoms with Gasteiger partial charge in [0.2, 0.25) is 5.76 Å². The number of nitrogens with one attached hydrogen (secondary N) is 1. The average molecular weight is 245 g/mol. The van der Waals surface area contributed by atoms with Crippen molar-refractivity contribution in [1.29, 1.82) is 0 Å². The first kappa shape index (κ1) is 13.0. The second-order valence-corrected chi connectivity index (χ2v) is 4.00. The molecule has 1 amide bonds. The van der Waals surface area contributed by atoms with Crippen LogP contribution >= 0.6 is 11.6 Å². The van der Waals surface area contributed by atoms with Crippen molar-refractivity contribution in [2.75, 3.05) is 12.4 Å². The average Bonchev–Trinajstić information content (AvgIpc) is 2.69. The third kappa shape index (κ3) is 4.23. The van der Waals surface area contributed by atoms with E-state index in [4.69, 9.17) is 16.0 Å². The highest BCUT2D eigenvalue weighted by Gasteiger charge is 2.12. The third-order valence-electron chi connectivity index (χ3n) is 2.30. The molecule has 0 saturated heterocycles. The van der Waals surface area contributed by atoms with Crippen molar-refractivity contribution in [3.8, 4) is 0 Å². The Morgan fingerprint density at radius 3 is 2.81 bits per heavy atom. The molecule has 90 valence electrons. The molecular formula is C11H17ClN2O2. The van der Waals surface area contributed by atoms with E-state index in [9.17, 15) is 4.79 Å². The lowest BCUT2D eigenvalue weighted by Gasteiger charge is -2.02. The van der Waals surface area contributed by atoms with Crippen LogP contribution < -0.4 is 5.32 Å². The molecule has 0 aliphatic rings. The molecule has 1 aromatic rings. The lowest BCUT2D eigenvalue weighted by molar-refractivity contribution is 0.0924. The lowest BCUT2D eigenvalue weighted by atomic mass is 10.2. The predicted octanol–water partition coefficient (Wildman–Crippen LogP) is 2.51. The molecule has 0 saturated carbocycles. The Bertz CT molecular complexity index is 326. The van der Waals surface area contributed by atoms with Crippen molar-refractivity contribution < 1.29 is 9.21 Å². The van der Waals surface area contributed by atoms with Crippen LogP contribution in [0, 0.1) is 6.92 Å². The van der Waals surface area contributed by atoms with Gasteiger partial charge in [-0.25, -0.2) is 4.98 Å². The van der Waals surface area contributed by atoms with Gasteiger partial charge in [-0.15, -0.1) is 11.6 Å². The van der Waals surface area contributed by atoms with Gasteiger partial charge in [0.25, 0.3) is 5.91 Å². The maximum atomic E-state index is 11.5. The summed E-state index contributed by atoms with van der Waals surface area (Å²) in [4.78, 5) is 15.4. The molecule has 0 atom stereocenters. The number of carbonyl (C=O) groups is 1. The van der Waals surface area contributed by atoms with Crippen LogP contribution in [0.4, 0.5) is 0 Å². The van der Waals surface area contributed by atoms with Gasteiger partial charge in [0, 0.05) is 12.4 Å². The van der Waals surface area contributed by atoms with Crippen molar-refractivity contribution in [3.05, 3.63) is 17.8 Å². The van der Waals surface area contributed by atoms with Gasteiger partial charge >= 0.3 is 0 Å². The number of nitrogens with zero attached hydrogens (tertiary/aromatic N) is 1. The van der Waals surface area contributed by atoms with Gasteiger partial charge in [-0.2, -0.15) is 0 Å². The molecule has 0 spiro atoms. The Morgan fingerprint density at radius 1 is 1.44 bits per heavy atom. The van der Waals surface area contributed by atoms with E-state index in [0.29, 0.717) is 23.9 Å². The number of aryl methyl sites for hydroxylation is 1. The number of unbranched alkanes of at least 4 members (excludes halogenated alkanes) is 3. The topological polar surface area (TPSA) is 55.1 Å². The monoisotopic (exact) mass is 244 g/mol. The zero-order chi connectivity index (χ0) is 11.8. The minimum Gasteiger partial charge on any atom is -0.438 e. The largest absolute Gasteiger partial charge is 0.438 e. The number of aromatic nitrogens is 1. The first-order valence-corrected chi connectivity index (χ1v) is 6.03. The molecule has 4 nitrogen and oxygen atoms in total. The number of amides is 1. The highest BCUT2D eigenvalue weighted by atomic mass is 35.5. The van der Waals surface area contributed by atoms with Crippen molar-refractivity contribution in [2.24, 2.45) is 0 Å². The molecule has 0 aromatic carbocycles. The minimum atomic E-state index is -0.188. The summed E-state index contributed by atoms with van der Waals surface area (Å²) in [5.41, 5.74) is 0.625. The van der Waals surface area contributed by atoms with E-state index in [1.54, 1.807) is 6.92 Å². The number of carbonyl (C=O) groups excluding carboxylic acids is 1. The summed E-state index contributed by atoms with van der Waals surface area (Å²) in [6.07, 6.45) is 5.49. The van der Waals surface area contributed by atoms with E-state index < -0.39 is 0 Å². The molecule has 0 aliphatic heterocycles. The lowest BCUT2D eigenvalue weighted by Crippen LogP contribution is -2.24. The maximum absolute atomic E-state index is 11.5. The van der Waals surface area contributed by atoms with Crippen LogP contribution in [0.1, 0.15) is 41.9 Å². The molecule has 1 aromatic heterocycles. The van der Waals surface area contributed by atoms with Crippen LogP contribution in [0.2, 0.25) is 0 Å². The summed E-state index contributed by atoms with van der Waals surface area (Å²) in [6, 6.07) is 0. The highest BCUT2D eigenvalue weighted by molar-refractivity contribution is 6.17. The summed E-state index contributed by atoms with van der Waals surface area (Å²) < 4.78 is 4.98. The highest BCUT2D eigenvalue weighted by Crippen LogP contribution is 2.05. The van der Waals surface area contributed by atoms with Crippen LogP contribution in [0.15, 0.2) is 10.8 Å². The smallest absolute Gasteiger partial charge is 0.288 e. The quantitative estimate of drug-likeness (QED) is 0.592. The van der Waals surface area contributed by atoms with E-state index >= 15 is 0 Å². The van der Waals surface area contributed by atoms with Gasteiger partial charge in [-0.1, -0.05) is 12.8 Å². The Labute approximate surface area is 100 Å². The zero-order valence-electron chi connectivity index (χ0n) is 9.46. The first-order valence-electron chi connectivity index (χ1n) is 5.50. The molecule has 5 heteroatoms. The summed E-state index contributed by atoms with van der Waals surface area (Å²) in [5.74, 6) is 0.831. The summed E-state index contributed by atoms with van der Waals surface area (Å²) in [6.45, 7) is 2.42. The van der Waals surface area contributed by atoms with E-state index in [-0.39, 0.29) is 5.91 Å². The van der Waals surface area contributed by atoms with Crippen LogP contribution in [0.5, 0.6) is 0 Å². The molecule has 0 fully saturated rings. The summed E-state index contributed by atoms with van der Waals surface area (Å²) in [7, 11) is 0. The predicted molar refractivity (Wildman–Crippen MR) is 62.8 cm³/mol. The molecule has 0 unspecified atom stereocenters. The number of oxazole rings is 1. The van der Waals surface area contributed by atoms with Crippen molar-refractivity contribution in [1.82, 2.24) is 10.3 Å². The molecule has 0 aliphatic carbocycles. The number of alkyl halides is 1. The Kier molecular flexibility index (Phi) is 5.93. The van der Waals surface area contributed by atoms with Crippen LogP contribution in [0.3, 0.4) is 0 Å². The third-order valence-corrected chi connectivity index (χ3v) is 2.56. The number of rotatable bonds is 7. The van der Waals surface area contributed by atoms with E-state index in [2.05, 4.69) is 10.3 Å². The number of hydrogen-bond acceptors (Lipinski definition) is 3. The zero-order valence-corrected chi connectivity index (χ0v) is 10.2. The standard InChI is InChI=1S/C11H17ClN2O2/c1-9-10(16-8-14-9)11(15)13-7-5-3-2-4-6-12/h8H,2-7H2,1H3,(H,13,15). The summed E-state index contributed by atoms with van der Waals surface area (Å²) >= 11 is 5.56. The van der Waals surface area contributed by atoms with Gasteiger partial charge < -0.3 is 9.73 Å². The van der Waals surface area contributed by atoms with E-state index in [0.717, 1.165) is 25.7 Å². The number of halogens is 1. The fourth-order valence-corrected chi connectivity index (χ4v) is 1.56. The fourth-order valence-electron chi connectivity index (χ4n) is 1.38. The van der Waals surface area contributed by atoms with Gasteiger partial charge in [0.1, 0.15) is 0 Å². The SMILES string of the molecule is Cc1ncoc1C(=O)NCCCCCCCl.